The molecule has 0 bridgehead atoms. The van der Waals surface area contributed by atoms with Crippen molar-refractivity contribution in [3.05, 3.63) is 67.5 Å². The van der Waals surface area contributed by atoms with Gasteiger partial charge in [-0.3, -0.25) is 9.36 Å². The van der Waals surface area contributed by atoms with E-state index >= 15 is 0 Å². The fourth-order valence-corrected chi connectivity index (χ4v) is 2.86. The van der Waals surface area contributed by atoms with E-state index in [2.05, 4.69) is 4.98 Å². The molecule has 0 spiro atoms. The molecule has 0 saturated heterocycles. The monoisotopic (exact) mass is 430 g/mol. The summed E-state index contributed by atoms with van der Waals surface area (Å²) in [5.74, 6) is -2.06. The normalized spacial score (nSPS) is 11.2. The van der Waals surface area contributed by atoms with Gasteiger partial charge in [0.1, 0.15) is 29.0 Å². The second-order valence-corrected chi connectivity index (χ2v) is 6.04. The zero-order valence-corrected chi connectivity index (χ0v) is 14.1. The third-order valence-corrected chi connectivity index (χ3v) is 4.28. The van der Waals surface area contributed by atoms with Crippen LogP contribution in [0.3, 0.4) is 0 Å². The molecule has 0 unspecified atom stereocenters. The third kappa shape index (κ3) is 2.62. The number of rotatable bonds is 2. The minimum absolute atomic E-state index is 0.107. The lowest BCUT2D eigenvalue weighted by atomic mass is 10.2. The van der Waals surface area contributed by atoms with Gasteiger partial charge >= 0.3 is 0 Å². The van der Waals surface area contributed by atoms with Crippen LogP contribution >= 0.6 is 22.6 Å². The summed E-state index contributed by atoms with van der Waals surface area (Å²) in [5, 5.41) is 0.107. The Labute approximate surface area is 142 Å². The molecule has 118 valence electrons. The molecule has 0 radical (unpaired) electrons. The zero-order chi connectivity index (χ0) is 16.7. The van der Waals surface area contributed by atoms with Gasteiger partial charge in [0.2, 0.25) is 0 Å². The van der Waals surface area contributed by atoms with Crippen LogP contribution in [0.4, 0.5) is 13.2 Å². The second kappa shape index (κ2) is 5.95. The molecule has 1 aromatic heterocycles. The van der Waals surface area contributed by atoms with Crippen LogP contribution in [0, 0.1) is 21.0 Å². The molecule has 0 N–H and O–H groups in total. The molecule has 0 saturated carbocycles. The molecular weight excluding hydrogens is 420 g/mol. The van der Waals surface area contributed by atoms with Gasteiger partial charge in [-0.15, -0.1) is 0 Å². The van der Waals surface area contributed by atoms with Crippen molar-refractivity contribution in [2.45, 2.75) is 13.3 Å². The summed E-state index contributed by atoms with van der Waals surface area (Å²) in [6.07, 6.45) is 0.257. The Morgan fingerprint density at radius 2 is 1.78 bits per heavy atom. The van der Waals surface area contributed by atoms with Crippen molar-refractivity contribution in [3.63, 3.8) is 0 Å². The first-order valence-corrected chi connectivity index (χ1v) is 7.87. The van der Waals surface area contributed by atoms with Gasteiger partial charge in [-0.2, -0.15) is 0 Å². The Kier molecular flexibility index (Phi) is 4.13. The lowest BCUT2D eigenvalue weighted by Crippen LogP contribution is -2.25. The molecule has 0 aliphatic rings. The lowest BCUT2D eigenvalue weighted by molar-refractivity contribution is 0.561. The molecular formula is C16H10F3IN2O. The third-order valence-electron chi connectivity index (χ3n) is 3.46. The smallest absolute Gasteiger partial charge is 0.266 e. The van der Waals surface area contributed by atoms with E-state index in [1.54, 1.807) is 29.5 Å². The predicted molar refractivity (Wildman–Crippen MR) is 89.3 cm³/mol. The summed E-state index contributed by atoms with van der Waals surface area (Å²) in [7, 11) is 0. The van der Waals surface area contributed by atoms with E-state index in [1.165, 1.54) is 12.1 Å². The van der Waals surface area contributed by atoms with Gasteiger partial charge in [-0.25, -0.2) is 18.2 Å². The minimum atomic E-state index is -0.861. The molecule has 0 aliphatic heterocycles. The van der Waals surface area contributed by atoms with Crippen molar-refractivity contribution >= 4 is 33.5 Å². The average molecular weight is 430 g/mol. The van der Waals surface area contributed by atoms with Gasteiger partial charge < -0.3 is 0 Å². The van der Waals surface area contributed by atoms with Crippen molar-refractivity contribution < 1.29 is 13.2 Å². The molecule has 7 heteroatoms. The van der Waals surface area contributed by atoms with Gasteiger partial charge in [-0.05, 0) is 40.8 Å². The molecule has 0 atom stereocenters. The van der Waals surface area contributed by atoms with E-state index in [-0.39, 0.29) is 26.7 Å². The number of halogens is 4. The van der Waals surface area contributed by atoms with E-state index in [9.17, 15) is 18.0 Å². The van der Waals surface area contributed by atoms with Gasteiger partial charge in [0, 0.05) is 16.1 Å². The SMILES string of the molecule is CCc1nc2cc(F)c(I)cc2c(=O)n1-c1c(F)cccc1F. The number of fused-ring (bicyclic) bond motifs is 1. The van der Waals surface area contributed by atoms with Crippen LogP contribution in [0.2, 0.25) is 0 Å². The highest BCUT2D eigenvalue weighted by molar-refractivity contribution is 14.1. The number of hydrogen-bond donors (Lipinski definition) is 0. The Bertz CT molecular complexity index is 965. The topological polar surface area (TPSA) is 34.9 Å². The quantitative estimate of drug-likeness (QED) is 0.577. The first-order valence-electron chi connectivity index (χ1n) is 6.79. The van der Waals surface area contributed by atoms with E-state index in [0.717, 1.165) is 22.8 Å². The lowest BCUT2D eigenvalue weighted by Gasteiger charge is -2.14. The van der Waals surface area contributed by atoms with Crippen LogP contribution in [-0.4, -0.2) is 9.55 Å². The average Bonchev–Trinajstić information content (AvgIpc) is 2.51. The minimum Gasteiger partial charge on any atom is -0.268 e. The van der Waals surface area contributed by atoms with E-state index in [4.69, 9.17) is 0 Å². The van der Waals surface area contributed by atoms with Crippen LogP contribution in [0.5, 0.6) is 0 Å². The Morgan fingerprint density at radius 1 is 1.13 bits per heavy atom. The van der Waals surface area contributed by atoms with Crippen LogP contribution < -0.4 is 5.56 Å². The maximum Gasteiger partial charge on any atom is 0.266 e. The number of nitrogens with zero attached hydrogens (tertiary/aromatic N) is 2. The summed E-state index contributed by atoms with van der Waals surface area (Å²) in [6, 6.07) is 5.85. The maximum atomic E-state index is 14.1. The molecule has 0 aliphatic carbocycles. The van der Waals surface area contributed by atoms with Crippen LogP contribution in [0.15, 0.2) is 35.1 Å². The maximum absolute atomic E-state index is 14.1. The van der Waals surface area contributed by atoms with Crippen LogP contribution in [0.1, 0.15) is 12.7 Å². The summed E-state index contributed by atoms with van der Waals surface area (Å²) in [6.45, 7) is 1.70. The van der Waals surface area contributed by atoms with Crippen molar-refractivity contribution in [2.75, 3.05) is 0 Å². The summed E-state index contributed by atoms with van der Waals surface area (Å²) >= 11 is 1.75. The summed E-state index contributed by atoms with van der Waals surface area (Å²) in [4.78, 5) is 16.9. The summed E-state index contributed by atoms with van der Waals surface area (Å²) in [5.41, 5.74) is -0.936. The Balaban J connectivity index is 2.48. The van der Waals surface area contributed by atoms with Crippen molar-refractivity contribution in [2.24, 2.45) is 0 Å². The number of aryl methyl sites for hydroxylation is 1. The fraction of sp³-hybridized carbons (Fsp3) is 0.125. The van der Waals surface area contributed by atoms with Crippen molar-refractivity contribution in [3.8, 4) is 5.69 Å². The van der Waals surface area contributed by atoms with Gasteiger partial charge in [0.05, 0.1) is 10.9 Å². The van der Waals surface area contributed by atoms with Gasteiger partial charge in [-0.1, -0.05) is 13.0 Å². The standard InChI is InChI=1S/C16H10F3IN2O/c1-2-14-21-13-7-11(19)12(20)6-8(13)16(23)22(14)15-9(17)4-3-5-10(15)18/h3-7H,2H2,1H3. The molecule has 3 aromatic rings. The molecule has 0 fully saturated rings. The van der Waals surface area contributed by atoms with Gasteiger partial charge in [0.25, 0.3) is 5.56 Å². The molecule has 23 heavy (non-hydrogen) atoms. The van der Waals surface area contributed by atoms with Gasteiger partial charge in [0.15, 0.2) is 0 Å². The number of hydrogen-bond acceptors (Lipinski definition) is 2. The highest BCUT2D eigenvalue weighted by atomic mass is 127. The first-order chi connectivity index (χ1) is 10.9. The highest BCUT2D eigenvalue weighted by Crippen LogP contribution is 2.21. The molecule has 3 rings (SSSR count). The zero-order valence-electron chi connectivity index (χ0n) is 11.9. The summed E-state index contributed by atoms with van der Waals surface area (Å²) < 4.78 is 43.0. The number of benzene rings is 2. The Morgan fingerprint density at radius 3 is 2.39 bits per heavy atom. The van der Waals surface area contributed by atoms with Crippen LogP contribution in [0.25, 0.3) is 16.6 Å². The Hall–Kier alpha value is -1.90. The molecule has 0 amide bonds. The first kappa shape index (κ1) is 16.0. The van der Waals surface area contributed by atoms with Crippen molar-refractivity contribution in [1.82, 2.24) is 9.55 Å². The molecule has 3 nitrogen and oxygen atoms in total. The van der Waals surface area contributed by atoms with E-state index in [0.29, 0.717) is 0 Å². The largest absolute Gasteiger partial charge is 0.268 e. The molecule has 2 aromatic carbocycles. The van der Waals surface area contributed by atoms with E-state index < -0.39 is 28.7 Å². The highest BCUT2D eigenvalue weighted by Gasteiger charge is 2.19. The van der Waals surface area contributed by atoms with Crippen molar-refractivity contribution in [1.29, 1.82) is 0 Å². The number of para-hydroxylation sites is 1. The van der Waals surface area contributed by atoms with E-state index in [1.807, 2.05) is 0 Å². The second-order valence-electron chi connectivity index (χ2n) is 4.88. The predicted octanol–water partition coefficient (Wildman–Crippen LogP) is 3.97. The van der Waals surface area contributed by atoms with Crippen LogP contribution in [-0.2, 0) is 6.42 Å². The molecule has 1 heterocycles. The fourth-order valence-electron chi connectivity index (χ4n) is 2.40. The number of aromatic nitrogens is 2.